The zero-order valence-corrected chi connectivity index (χ0v) is 11.7. The standard InChI is InChI=1S/C14H11F2NO3S/c1-7(8-2-3-9(15)10(16)6-8)17-13(18)11-4-5-12(21-11)14(19)20/h2-7H,1H3,(H,17,18)(H,19,20). The van der Waals surface area contributed by atoms with Gasteiger partial charge in [-0.25, -0.2) is 13.6 Å². The van der Waals surface area contributed by atoms with Crippen LogP contribution in [0.15, 0.2) is 30.3 Å². The Morgan fingerprint density at radius 2 is 1.81 bits per heavy atom. The van der Waals surface area contributed by atoms with Gasteiger partial charge in [0, 0.05) is 0 Å². The van der Waals surface area contributed by atoms with Gasteiger partial charge in [-0.15, -0.1) is 11.3 Å². The van der Waals surface area contributed by atoms with Gasteiger partial charge in [0.15, 0.2) is 11.6 Å². The molecular weight excluding hydrogens is 300 g/mol. The lowest BCUT2D eigenvalue weighted by molar-refractivity contribution is 0.0702. The van der Waals surface area contributed by atoms with Crippen molar-refractivity contribution in [2.45, 2.75) is 13.0 Å². The molecule has 4 nitrogen and oxygen atoms in total. The van der Waals surface area contributed by atoms with Crippen molar-refractivity contribution < 1.29 is 23.5 Å². The van der Waals surface area contributed by atoms with Crippen molar-refractivity contribution in [3.05, 3.63) is 57.3 Å². The van der Waals surface area contributed by atoms with Crippen LogP contribution in [0, 0.1) is 11.6 Å². The van der Waals surface area contributed by atoms with E-state index >= 15 is 0 Å². The number of amides is 1. The molecule has 0 saturated heterocycles. The number of thiophene rings is 1. The molecule has 0 spiro atoms. The van der Waals surface area contributed by atoms with Gasteiger partial charge in [-0.1, -0.05) is 6.07 Å². The summed E-state index contributed by atoms with van der Waals surface area (Å²) in [4.78, 5) is 23.0. The van der Waals surface area contributed by atoms with Crippen LogP contribution in [0.5, 0.6) is 0 Å². The molecule has 0 saturated carbocycles. The van der Waals surface area contributed by atoms with Crippen LogP contribution in [0.3, 0.4) is 0 Å². The number of carboxylic acids is 1. The van der Waals surface area contributed by atoms with Crippen molar-refractivity contribution in [1.82, 2.24) is 5.32 Å². The number of hydrogen-bond acceptors (Lipinski definition) is 3. The number of carboxylic acid groups (broad SMARTS) is 1. The topological polar surface area (TPSA) is 66.4 Å². The number of aromatic carboxylic acids is 1. The van der Waals surface area contributed by atoms with Crippen molar-refractivity contribution in [3.8, 4) is 0 Å². The number of carbonyl (C=O) groups excluding carboxylic acids is 1. The van der Waals surface area contributed by atoms with Crippen LogP contribution in [-0.2, 0) is 0 Å². The molecule has 0 fully saturated rings. The van der Waals surface area contributed by atoms with Crippen LogP contribution >= 0.6 is 11.3 Å². The number of benzene rings is 1. The molecule has 1 unspecified atom stereocenters. The highest BCUT2D eigenvalue weighted by Crippen LogP contribution is 2.19. The fraction of sp³-hybridized carbons (Fsp3) is 0.143. The van der Waals surface area contributed by atoms with Crippen molar-refractivity contribution in [3.63, 3.8) is 0 Å². The van der Waals surface area contributed by atoms with Gasteiger partial charge in [-0.3, -0.25) is 4.79 Å². The maximum absolute atomic E-state index is 13.1. The van der Waals surface area contributed by atoms with Crippen molar-refractivity contribution >= 4 is 23.2 Å². The zero-order valence-electron chi connectivity index (χ0n) is 10.9. The van der Waals surface area contributed by atoms with E-state index in [2.05, 4.69) is 5.32 Å². The highest BCUT2D eigenvalue weighted by atomic mass is 32.1. The van der Waals surface area contributed by atoms with Gasteiger partial charge < -0.3 is 10.4 Å². The third-order valence-electron chi connectivity index (χ3n) is 2.83. The molecule has 0 aliphatic heterocycles. The quantitative estimate of drug-likeness (QED) is 0.911. The molecule has 1 heterocycles. The van der Waals surface area contributed by atoms with Crippen molar-refractivity contribution in [2.24, 2.45) is 0 Å². The van der Waals surface area contributed by atoms with Crippen LogP contribution in [0.1, 0.15) is 37.9 Å². The summed E-state index contributed by atoms with van der Waals surface area (Å²) in [5, 5.41) is 11.4. The first-order valence-electron chi connectivity index (χ1n) is 5.97. The predicted molar refractivity (Wildman–Crippen MR) is 73.5 cm³/mol. The maximum Gasteiger partial charge on any atom is 0.345 e. The largest absolute Gasteiger partial charge is 0.477 e. The lowest BCUT2D eigenvalue weighted by Gasteiger charge is -2.13. The van der Waals surface area contributed by atoms with E-state index in [9.17, 15) is 18.4 Å². The minimum atomic E-state index is -1.10. The van der Waals surface area contributed by atoms with E-state index in [4.69, 9.17) is 5.11 Å². The lowest BCUT2D eigenvalue weighted by Crippen LogP contribution is -2.26. The van der Waals surface area contributed by atoms with Gasteiger partial charge in [-0.05, 0) is 36.8 Å². The Bertz CT molecular complexity index is 699. The van der Waals surface area contributed by atoms with E-state index in [1.165, 1.54) is 18.2 Å². The molecule has 1 atom stereocenters. The molecule has 7 heteroatoms. The molecule has 1 aromatic heterocycles. The van der Waals surface area contributed by atoms with Crippen LogP contribution in [0.2, 0.25) is 0 Å². The molecule has 2 N–H and O–H groups in total. The molecule has 1 amide bonds. The van der Waals surface area contributed by atoms with E-state index in [1.54, 1.807) is 6.92 Å². The van der Waals surface area contributed by atoms with Gasteiger partial charge in [0.1, 0.15) is 4.88 Å². The number of halogens is 2. The number of carbonyl (C=O) groups is 2. The first-order valence-corrected chi connectivity index (χ1v) is 6.79. The highest BCUT2D eigenvalue weighted by Gasteiger charge is 2.16. The molecule has 0 aliphatic rings. The third-order valence-corrected chi connectivity index (χ3v) is 3.90. The summed E-state index contributed by atoms with van der Waals surface area (Å²) in [6.07, 6.45) is 0. The summed E-state index contributed by atoms with van der Waals surface area (Å²) >= 11 is 0.846. The Kier molecular flexibility index (Phi) is 4.32. The Balaban J connectivity index is 2.10. The van der Waals surface area contributed by atoms with E-state index in [0.717, 1.165) is 23.5 Å². The fourth-order valence-corrected chi connectivity index (χ4v) is 2.46. The fourth-order valence-electron chi connectivity index (χ4n) is 1.71. The molecule has 0 bridgehead atoms. The summed E-state index contributed by atoms with van der Waals surface area (Å²) in [5.74, 6) is -3.52. The Morgan fingerprint density at radius 3 is 2.38 bits per heavy atom. The third kappa shape index (κ3) is 3.43. The summed E-state index contributed by atoms with van der Waals surface area (Å²) in [5.41, 5.74) is 0.414. The van der Waals surface area contributed by atoms with Crippen LogP contribution in [-0.4, -0.2) is 17.0 Å². The van der Waals surface area contributed by atoms with E-state index in [-0.39, 0.29) is 9.75 Å². The number of rotatable bonds is 4. The normalized spacial score (nSPS) is 12.0. The number of nitrogens with one attached hydrogen (secondary N) is 1. The molecule has 21 heavy (non-hydrogen) atoms. The highest BCUT2D eigenvalue weighted by molar-refractivity contribution is 7.15. The second kappa shape index (κ2) is 6.01. The summed E-state index contributed by atoms with van der Waals surface area (Å²) < 4.78 is 26.0. The Morgan fingerprint density at radius 1 is 1.14 bits per heavy atom. The van der Waals surface area contributed by atoms with Gasteiger partial charge in [-0.2, -0.15) is 0 Å². The molecular formula is C14H11F2NO3S. The van der Waals surface area contributed by atoms with Crippen LogP contribution in [0.4, 0.5) is 8.78 Å². The first-order chi connectivity index (χ1) is 9.88. The molecule has 110 valence electrons. The number of hydrogen-bond donors (Lipinski definition) is 2. The zero-order chi connectivity index (χ0) is 15.6. The maximum atomic E-state index is 13.1. The van der Waals surface area contributed by atoms with Crippen molar-refractivity contribution in [1.29, 1.82) is 0 Å². The second-order valence-electron chi connectivity index (χ2n) is 4.34. The van der Waals surface area contributed by atoms with Gasteiger partial charge in [0.2, 0.25) is 0 Å². The Labute approximate surface area is 123 Å². The monoisotopic (exact) mass is 311 g/mol. The average molecular weight is 311 g/mol. The minimum Gasteiger partial charge on any atom is -0.477 e. The molecule has 1 aromatic carbocycles. The predicted octanol–water partition coefficient (Wildman–Crippen LogP) is 3.22. The van der Waals surface area contributed by atoms with E-state index in [1.807, 2.05) is 0 Å². The molecule has 2 aromatic rings. The van der Waals surface area contributed by atoms with Crippen LogP contribution in [0.25, 0.3) is 0 Å². The van der Waals surface area contributed by atoms with Crippen LogP contribution < -0.4 is 5.32 Å². The first kappa shape index (κ1) is 15.1. The smallest absolute Gasteiger partial charge is 0.345 e. The molecule has 2 rings (SSSR count). The summed E-state index contributed by atoms with van der Waals surface area (Å²) in [6.45, 7) is 1.62. The lowest BCUT2D eigenvalue weighted by atomic mass is 10.1. The second-order valence-corrected chi connectivity index (χ2v) is 5.42. The molecule has 0 aliphatic carbocycles. The average Bonchev–Trinajstić information content (AvgIpc) is 2.91. The SMILES string of the molecule is CC(NC(=O)c1ccc(C(=O)O)s1)c1ccc(F)c(F)c1. The summed E-state index contributed by atoms with van der Waals surface area (Å²) in [6, 6.07) is 5.58. The van der Waals surface area contributed by atoms with E-state index < -0.39 is 29.6 Å². The summed E-state index contributed by atoms with van der Waals surface area (Å²) in [7, 11) is 0. The Hall–Kier alpha value is -2.28. The van der Waals surface area contributed by atoms with Crippen molar-refractivity contribution in [2.75, 3.05) is 0 Å². The van der Waals surface area contributed by atoms with Gasteiger partial charge in [0.25, 0.3) is 5.91 Å². The van der Waals surface area contributed by atoms with Gasteiger partial charge in [0.05, 0.1) is 10.9 Å². The van der Waals surface area contributed by atoms with E-state index in [0.29, 0.717) is 5.56 Å². The molecule has 0 radical (unpaired) electrons. The van der Waals surface area contributed by atoms with Gasteiger partial charge >= 0.3 is 5.97 Å². The minimum absolute atomic E-state index is 0.0561.